The van der Waals surface area contributed by atoms with E-state index in [2.05, 4.69) is 17.1 Å². The van der Waals surface area contributed by atoms with E-state index < -0.39 is 0 Å². The van der Waals surface area contributed by atoms with Gasteiger partial charge in [0.1, 0.15) is 0 Å². The van der Waals surface area contributed by atoms with Crippen LogP contribution in [0.4, 0.5) is 0 Å². The van der Waals surface area contributed by atoms with Gasteiger partial charge in [-0.1, -0.05) is 19.8 Å². The summed E-state index contributed by atoms with van der Waals surface area (Å²) >= 11 is 0. The van der Waals surface area contributed by atoms with Gasteiger partial charge in [0.15, 0.2) is 0 Å². The zero-order valence-electron chi connectivity index (χ0n) is 10.9. The summed E-state index contributed by atoms with van der Waals surface area (Å²) in [5, 5.41) is 3.48. The Hall–Kier alpha value is -0.570. The second-order valence-electron chi connectivity index (χ2n) is 6.56. The summed E-state index contributed by atoms with van der Waals surface area (Å²) in [6, 6.07) is 0.776. The van der Waals surface area contributed by atoms with E-state index in [0.717, 1.165) is 19.5 Å². The summed E-state index contributed by atoms with van der Waals surface area (Å²) < 4.78 is 0. The molecule has 3 rings (SSSR count). The number of hydrogen-bond donors (Lipinski definition) is 1. The number of likely N-dealkylation sites (tertiary alicyclic amines) is 1. The fourth-order valence-corrected chi connectivity index (χ4v) is 3.43. The van der Waals surface area contributed by atoms with E-state index in [4.69, 9.17) is 0 Å². The van der Waals surface area contributed by atoms with Crippen LogP contribution in [0.5, 0.6) is 0 Å². The fourth-order valence-electron chi connectivity index (χ4n) is 3.43. The molecule has 1 atom stereocenters. The Morgan fingerprint density at radius 2 is 2.00 bits per heavy atom. The summed E-state index contributed by atoms with van der Waals surface area (Å²) in [5.74, 6) is 0.366. The van der Waals surface area contributed by atoms with Crippen LogP contribution in [-0.4, -0.2) is 36.0 Å². The number of nitrogens with one attached hydrogen (secondary N) is 1. The Morgan fingerprint density at radius 1 is 1.29 bits per heavy atom. The average molecular weight is 236 g/mol. The van der Waals surface area contributed by atoms with Crippen molar-refractivity contribution in [3.8, 4) is 0 Å². The molecule has 17 heavy (non-hydrogen) atoms. The van der Waals surface area contributed by atoms with Gasteiger partial charge in [-0.25, -0.2) is 0 Å². The molecule has 3 nitrogen and oxygen atoms in total. The number of carbonyl (C=O) groups is 1. The van der Waals surface area contributed by atoms with Crippen molar-refractivity contribution in [1.29, 1.82) is 0 Å². The highest BCUT2D eigenvalue weighted by Crippen LogP contribution is 2.39. The van der Waals surface area contributed by atoms with Crippen molar-refractivity contribution >= 4 is 5.91 Å². The molecule has 1 aliphatic heterocycles. The van der Waals surface area contributed by atoms with Gasteiger partial charge in [0.2, 0.25) is 5.91 Å². The molecule has 0 aromatic heterocycles. The van der Waals surface area contributed by atoms with Crippen molar-refractivity contribution in [2.45, 2.75) is 64.0 Å². The van der Waals surface area contributed by atoms with Gasteiger partial charge in [-0.05, 0) is 37.5 Å². The van der Waals surface area contributed by atoms with Crippen LogP contribution in [0.1, 0.15) is 51.9 Å². The maximum absolute atomic E-state index is 12.3. The van der Waals surface area contributed by atoms with E-state index >= 15 is 0 Å². The lowest BCUT2D eigenvalue weighted by Gasteiger charge is -2.29. The summed E-state index contributed by atoms with van der Waals surface area (Å²) in [6.07, 6.45) is 8.86. The minimum atomic E-state index is 0.132. The van der Waals surface area contributed by atoms with Gasteiger partial charge < -0.3 is 10.2 Å². The van der Waals surface area contributed by atoms with Crippen LogP contribution in [0.15, 0.2) is 0 Å². The topological polar surface area (TPSA) is 32.3 Å². The largest absolute Gasteiger partial charge is 0.341 e. The quantitative estimate of drug-likeness (QED) is 0.809. The number of nitrogens with zero attached hydrogens (tertiary/aromatic N) is 1. The van der Waals surface area contributed by atoms with E-state index in [1.54, 1.807) is 0 Å². The predicted molar refractivity (Wildman–Crippen MR) is 67.7 cm³/mol. The van der Waals surface area contributed by atoms with Crippen LogP contribution in [-0.2, 0) is 4.79 Å². The zero-order valence-corrected chi connectivity index (χ0v) is 10.9. The lowest BCUT2D eigenvalue weighted by Crippen LogP contribution is -2.42. The van der Waals surface area contributed by atoms with Crippen LogP contribution in [0, 0.1) is 5.41 Å². The second kappa shape index (κ2) is 4.27. The van der Waals surface area contributed by atoms with E-state index in [1.807, 2.05) is 0 Å². The van der Waals surface area contributed by atoms with Gasteiger partial charge in [0, 0.05) is 19.1 Å². The predicted octanol–water partition coefficient (Wildman–Crippen LogP) is 1.92. The molecule has 3 aliphatic rings. The minimum Gasteiger partial charge on any atom is -0.341 e. The van der Waals surface area contributed by atoms with Crippen LogP contribution in [0.2, 0.25) is 0 Å². The maximum atomic E-state index is 12.3. The third kappa shape index (κ3) is 2.49. The lowest BCUT2D eigenvalue weighted by molar-refractivity contribution is -0.130. The van der Waals surface area contributed by atoms with Crippen LogP contribution in [0.25, 0.3) is 0 Å². The van der Waals surface area contributed by atoms with Crippen molar-refractivity contribution in [2.24, 2.45) is 5.41 Å². The Balaban J connectivity index is 1.55. The van der Waals surface area contributed by atoms with Crippen molar-refractivity contribution in [1.82, 2.24) is 10.2 Å². The molecule has 1 unspecified atom stereocenters. The second-order valence-corrected chi connectivity index (χ2v) is 6.56. The Kier molecular flexibility index (Phi) is 2.89. The normalized spacial score (nSPS) is 32.4. The van der Waals surface area contributed by atoms with Crippen LogP contribution >= 0.6 is 0 Å². The molecule has 3 fully saturated rings. The third-order valence-electron chi connectivity index (χ3n) is 4.69. The first-order valence-corrected chi connectivity index (χ1v) is 7.21. The lowest BCUT2D eigenvalue weighted by atomic mass is 9.88. The van der Waals surface area contributed by atoms with Gasteiger partial charge in [-0.3, -0.25) is 4.79 Å². The van der Waals surface area contributed by atoms with Gasteiger partial charge >= 0.3 is 0 Å². The molecule has 0 aromatic carbocycles. The summed E-state index contributed by atoms with van der Waals surface area (Å²) in [6.45, 7) is 4.32. The summed E-state index contributed by atoms with van der Waals surface area (Å²) in [4.78, 5) is 14.4. The third-order valence-corrected chi connectivity index (χ3v) is 4.69. The molecular weight excluding hydrogens is 212 g/mol. The molecule has 1 saturated heterocycles. The molecule has 1 heterocycles. The van der Waals surface area contributed by atoms with Crippen LogP contribution in [0.3, 0.4) is 0 Å². The van der Waals surface area contributed by atoms with E-state index in [0.29, 0.717) is 17.4 Å². The van der Waals surface area contributed by atoms with E-state index in [9.17, 15) is 4.79 Å². The number of amides is 1. The van der Waals surface area contributed by atoms with E-state index in [1.165, 1.54) is 38.5 Å². The SMILES string of the molecule is CC1(CN2CCC(NC3CC3)C2=O)CCCC1. The highest BCUT2D eigenvalue weighted by atomic mass is 16.2. The van der Waals surface area contributed by atoms with Crippen molar-refractivity contribution in [3.05, 3.63) is 0 Å². The molecule has 0 bridgehead atoms. The highest BCUT2D eigenvalue weighted by Gasteiger charge is 2.39. The molecule has 2 saturated carbocycles. The zero-order chi connectivity index (χ0) is 11.9. The molecule has 2 aliphatic carbocycles. The molecular formula is C14H24N2O. The highest BCUT2D eigenvalue weighted by molar-refractivity contribution is 5.84. The van der Waals surface area contributed by atoms with E-state index in [-0.39, 0.29) is 6.04 Å². The molecule has 0 aromatic rings. The molecule has 3 heteroatoms. The van der Waals surface area contributed by atoms with Crippen molar-refractivity contribution < 1.29 is 4.79 Å². The molecule has 0 radical (unpaired) electrons. The van der Waals surface area contributed by atoms with Gasteiger partial charge in [-0.2, -0.15) is 0 Å². The average Bonchev–Trinajstić information content (AvgIpc) is 2.93. The van der Waals surface area contributed by atoms with Gasteiger partial charge in [0.05, 0.1) is 6.04 Å². The van der Waals surface area contributed by atoms with Crippen molar-refractivity contribution in [2.75, 3.05) is 13.1 Å². The summed E-state index contributed by atoms with van der Waals surface area (Å²) in [7, 11) is 0. The standard InChI is InChI=1S/C14H24N2O/c1-14(7-2-3-8-14)10-16-9-6-12(13(16)17)15-11-4-5-11/h11-12,15H,2-10H2,1H3. The molecule has 0 spiro atoms. The molecule has 1 N–H and O–H groups in total. The molecule has 1 amide bonds. The smallest absolute Gasteiger partial charge is 0.239 e. The first-order chi connectivity index (χ1) is 8.16. The monoisotopic (exact) mass is 236 g/mol. The number of carbonyl (C=O) groups excluding carboxylic acids is 1. The number of hydrogen-bond acceptors (Lipinski definition) is 2. The van der Waals surface area contributed by atoms with Crippen LogP contribution < -0.4 is 5.32 Å². The van der Waals surface area contributed by atoms with Gasteiger partial charge in [-0.15, -0.1) is 0 Å². The molecule has 96 valence electrons. The van der Waals surface area contributed by atoms with Gasteiger partial charge in [0.25, 0.3) is 0 Å². The first kappa shape index (κ1) is 11.5. The minimum absolute atomic E-state index is 0.132. The van der Waals surface area contributed by atoms with Crippen molar-refractivity contribution in [3.63, 3.8) is 0 Å². The summed E-state index contributed by atoms with van der Waals surface area (Å²) in [5.41, 5.74) is 0.407. The first-order valence-electron chi connectivity index (χ1n) is 7.21. The Labute approximate surface area is 104 Å². The number of rotatable bonds is 4. The maximum Gasteiger partial charge on any atom is 0.239 e. The Morgan fingerprint density at radius 3 is 2.65 bits per heavy atom. The Bertz CT molecular complexity index is 305. The fraction of sp³-hybridized carbons (Fsp3) is 0.929.